The third-order valence-electron chi connectivity index (χ3n) is 5.20. The van der Waals surface area contributed by atoms with Crippen molar-refractivity contribution in [2.75, 3.05) is 19.6 Å². The monoisotopic (exact) mass is 408 g/mol. The molecule has 1 aliphatic rings. The van der Waals surface area contributed by atoms with E-state index < -0.39 is 0 Å². The number of hydrogen-bond acceptors (Lipinski definition) is 5. The number of carbonyl (C=O) groups excluding carboxylic acids is 2. The molecule has 0 spiro atoms. The van der Waals surface area contributed by atoms with Gasteiger partial charge in [0.05, 0.1) is 11.9 Å². The molecule has 2 amide bonds. The normalized spacial score (nSPS) is 13.7. The first-order chi connectivity index (χ1) is 14.6. The third kappa shape index (κ3) is 4.40. The minimum Gasteiger partial charge on any atom is -0.356 e. The second-order valence-corrected chi connectivity index (χ2v) is 7.33. The Morgan fingerprint density at radius 2 is 1.87 bits per heavy atom. The Labute approximate surface area is 173 Å². The molecule has 9 nitrogen and oxygen atoms in total. The molecule has 0 atom stereocenters. The number of nitrogens with one attached hydrogen (secondary N) is 2. The number of amides is 2. The molecule has 1 fully saturated rings. The molecule has 9 heteroatoms. The first kappa shape index (κ1) is 19.8. The predicted molar refractivity (Wildman–Crippen MR) is 111 cm³/mol. The maximum atomic E-state index is 12.4. The molecule has 1 aromatic carbocycles. The highest BCUT2D eigenvalue weighted by Crippen LogP contribution is 2.14. The van der Waals surface area contributed by atoms with Crippen LogP contribution in [-0.4, -0.2) is 56.1 Å². The van der Waals surface area contributed by atoms with Gasteiger partial charge in [0.15, 0.2) is 5.65 Å². The number of likely N-dealkylation sites (tertiary alicyclic amines) is 1. The average Bonchev–Trinajstić information content (AvgIpc) is 3.43. The first-order valence-electron chi connectivity index (χ1n) is 10.2. The Kier molecular flexibility index (Phi) is 5.87. The number of hydrogen-bond donors (Lipinski definition) is 2. The number of para-hydroxylation sites is 1. The second kappa shape index (κ2) is 8.89. The summed E-state index contributed by atoms with van der Waals surface area (Å²) in [6, 6.07) is 9.43. The largest absolute Gasteiger partial charge is 0.356 e. The highest BCUT2D eigenvalue weighted by atomic mass is 16.2. The van der Waals surface area contributed by atoms with Gasteiger partial charge in [0.1, 0.15) is 11.2 Å². The first-order valence-corrected chi connectivity index (χ1v) is 10.2. The number of benzene rings is 1. The van der Waals surface area contributed by atoms with Crippen molar-refractivity contribution >= 4 is 22.8 Å². The summed E-state index contributed by atoms with van der Waals surface area (Å²) >= 11 is 0. The number of H-pyrrole nitrogens is 1. The van der Waals surface area contributed by atoms with Gasteiger partial charge in [-0.3, -0.25) is 14.4 Å². The van der Waals surface area contributed by atoms with Crippen LogP contribution in [0.15, 0.2) is 41.3 Å². The van der Waals surface area contributed by atoms with Crippen LogP contribution in [0.5, 0.6) is 0 Å². The van der Waals surface area contributed by atoms with E-state index in [9.17, 15) is 14.4 Å². The summed E-state index contributed by atoms with van der Waals surface area (Å²) in [5.74, 6) is 0.329. The molecule has 2 N–H and O–H groups in total. The minimum absolute atomic E-state index is 0.0819. The van der Waals surface area contributed by atoms with Gasteiger partial charge in [-0.2, -0.15) is 5.10 Å². The van der Waals surface area contributed by atoms with E-state index in [4.69, 9.17) is 0 Å². The van der Waals surface area contributed by atoms with Crippen molar-refractivity contribution in [3.05, 3.63) is 52.7 Å². The van der Waals surface area contributed by atoms with E-state index in [0.29, 0.717) is 29.8 Å². The summed E-state index contributed by atoms with van der Waals surface area (Å²) in [6.45, 7) is 1.94. The van der Waals surface area contributed by atoms with Gasteiger partial charge in [0.25, 0.3) is 5.56 Å². The lowest BCUT2D eigenvalue weighted by atomic mass is 10.2. The maximum absolute atomic E-state index is 12.4. The molecule has 2 aromatic heterocycles. The van der Waals surface area contributed by atoms with Gasteiger partial charge in [0, 0.05) is 38.9 Å². The molecule has 1 aliphatic heterocycles. The van der Waals surface area contributed by atoms with Crippen LogP contribution in [0.4, 0.5) is 0 Å². The van der Waals surface area contributed by atoms with Gasteiger partial charge in [-0.25, -0.2) is 9.67 Å². The molecule has 0 bridgehead atoms. The van der Waals surface area contributed by atoms with Gasteiger partial charge >= 0.3 is 0 Å². The van der Waals surface area contributed by atoms with Crippen molar-refractivity contribution < 1.29 is 9.59 Å². The molecular formula is C21H24N6O3. The zero-order valence-electron chi connectivity index (χ0n) is 16.6. The Morgan fingerprint density at radius 1 is 1.10 bits per heavy atom. The van der Waals surface area contributed by atoms with Gasteiger partial charge in [0.2, 0.25) is 11.8 Å². The molecule has 0 unspecified atom stereocenters. The Morgan fingerprint density at radius 3 is 2.63 bits per heavy atom. The highest BCUT2D eigenvalue weighted by molar-refractivity contribution is 5.79. The van der Waals surface area contributed by atoms with Crippen LogP contribution in [0.1, 0.15) is 31.5 Å². The van der Waals surface area contributed by atoms with Crippen LogP contribution >= 0.6 is 0 Å². The summed E-state index contributed by atoms with van der Waals surface area (Å²) < 4.78 is 1.61. The van der Waals surface area contributed by atoms with E-state index in [2.05, 4.69) is 20.4 Å². The lowest BCUT2D eigenvalue weighted by Crippen LogP contribution is -2.32. The number of nitrogens with zero attached hydrogens (tertiary/aromatic N) is 4. The number of aromatic amines is 1. The third-order valence-corrected chi connectivity index (χ3v) is 5.20. The lowest BCUT2D eigenvalue weighted by Gasteiger charge is -2.15. The molecule has 156 valence electrons. The van der Waals surface area contributed by atoms with E-state index >= 15 is 0 Å². The predicted octanol–water partition coefficient (Wildman–Crippen LogP) is 1.17. The average molecular weight is 408 g/mol. The molecule has 0 radical (unpaired) electrons. The Hall–Kier alpha value is -3.49. The fourth-order valence-electron chi connectivity index (χ4n) is 3.59. The van der Waals surface area contributed by atoms with E-state index in [1.165, 1.54) is 6.20 Å². The standard InChI is InChI=1S/C21H24N6O3/c28-18(22-11-10-19(29)26-12-4-5-13-26)9-8-17-24-20-16(21(30)25-17)14-23-27(20)15-6-2-1-3-7-15/h1-3,6-7,14H,4-5,8-13H2,(H,22,28)(H,24,25,30). The smallest absolute Gasteiger partial charge is 0.262 e. The minimum atomic E-state index is -0.284. The van der Waals surface area contributed by atoms with E-state index in [1.54, 1.807) is 4.68 Å². The van der Waals surface area contributed by atoms with Gasteiger partial charge in [-0.1, -0.05) is 18.2 Å². The topological polar surface area (TPSA) is 113 Å². The van der Waals surface area contributed by atoms with Crippen LogP contribution in [0.2, 0.25) is 0 Å². The number of aromatic nitrogens is 4. The van der Waals surface area contributed by atoms with Crippen LogP contribution in [0, 0.1) is 0 Å². The molecule has 3 heterocycles. The fourth-order valence-corrected chi connectivity index (χ4v) is 3.59. The summed E-state index contributed by atoms with van der Waals surface area (Å²) in [5.41, 5.74) is 0.974. The zero-order chi connectivity index (χ0) is 20.9. The lowest BCUT2D eigenvalue weighted by molar-refractivity contribution is -0.130. The number of carbonyl (C=O) groups is 2. The van der Waals surface area contributed by atoms with Crippen LogP contribution in [-0.2, 0) is 16.0 Å². The van der Waals surface area contributed by atoms with E-state index in [1.807, 2.05) is 35.2 Å². The number of fused-ring (bicyclic) bond motifs is 1. The van der Waals surface area contributed by atoms with Crippen molar-refractivity contribution in [1.82, 2.24) is 30.0 Å². The number of aryl methyl sites for hydroxylation is 1. The molecular weight excluding hydrogens is 384 g/mol. The van der Waals surface area contributed by atoms with Crippen molar-refractivity contribution in [3.63, 3.8) is 0 Å². The molecule has 4 rings (SSSR count). The number of rotatable bonds is 7. The quantitative estimate of drug-likeness (QED) is 0.609. The van der Waals surface area contributed by atoms with Crippen LogP contribution < -0.4 is 10.9 Å². The summed E-state index contributed by atoms with van der Waals surface area (Å²) in [7, 11) is 0. The van der Waals surface area contributed by atoms with Crippen LogP contribution in [0.3, 0.4) is 0 Å². The van der Waals surface area contributed by atoms with E-state index in [-0.39, 0.29) is 30.2 Å². The van der Waals surface area contributed by atoms with Gasteiger partial charge in [-0.05, 0) is 25.0 Å². The maximum Gasteiger partial charge on any atom is 0.262 e. The van der Waals surface area contributed by atoms with Crippen molar-refractivity contribution in [3.8, 4) is 5.69 Å². The molecule has 0 aliphatic carbocycles. The summed E-state index contributed by atoms with van der Waals surface area (Å²) in [4.78, 5) is 45.6. The summed E-state index contributed by atoms with van der Waals surface area (Å²) in [5, 5.41) is 7.43. The van der Waals surface area contributed by atoms with E-state index in [0.717, 1.165) is 31.6 Å². The van der Waals surface area contributed by atoms with Gasteiger partial charge in [-0.15, -0.1) is 0 Å². The molecule has 3 aromatic rings. The van der Waals surface area contributed by atoms with Crippen LogP contribution in [0.25, 0.3) is 16.7 Å². The van der Waals surface area contributed by atoms with Gasteiger partial charge < -0.3 is 15.2 Å². The summed E-state index contributed by atoms with van der Waals surface area (Å²) in [6.07, 6.45) is 4.36. The van der Waals surface area contributed by atoms with Crippen molar-refractivity contribution in [2.24, 2.45) is 0 Å². The molecule has 1 saturated heterocycles. The second-order valence-electron chi connectivity index (χ2n) is 7.33. The van der Waals surface area contributed by atoms with Crippen molar-refractivity contribution in [1.29, 1.82) is 0 Å². The SMILES string of the molecule is O=C(CCc1nc2c(cnn2-c2ccccc2)c(=O)[nH]1)NCCC(=O)N1CCCC1. The Balaban J connectivity index is 1.36. The molecule has 0 saturated carbocycles. The highest BCUT2D eigenvalue weighted by Gasteiger charge is 2.17. The van der Waals surface area contributed by atoms with Crippen molar-refractivity contribution in [2.45, 2.75) is 32.1 Å². The Bertz CT molecular complexity index is 1100. The zero-order valence-corrected chi connectivity index (χ0v) is 16.6. The molecule has 30 heavy (non-hydrogen) atoms. The fraction of sp³-hybridized carbons (Fsp3) is 0.381.